The zero-order valence-electron chi connectivity index (χ0n) is 11.7. The molecule has 2 rings (SSSR count). The van der Waals surface area contributed by atoms with Gasteiger partial charge in [-0.3, -0.25) is 9.69 Å². The molecule has 1 aliphatic heterocycles. The van der Waals surface area contributed by atoms with Crippen LogP contribution in [0.4, 0.5) is 5.69 Å². The van der Waals surface area contributed by atoms with Crippen LogP contribution in [0, 0.1) is 6.92 Å². The summed E-state index contributed by atoms with van der Waals surface area (Å²) < 4.78 is 5.01. The molecular weight excluding hydrogens is 258 g/mol. The lowest BCUT2D eigenvalue weighted by Gasteiger charge is -2.32. The summed E-state index contributed by atoms with van der Waals surface area (Å²) in [6.45, 7) is 5.37. The molecule has 1 aliphatic rings. The summed E-state index contributed by atoms with van der Waals surface area (Å²) in [6.07, 6.45) is 1.23. The Hall–Kier alpha value is -2.30. The van der Waals surface area contributed by atoms with E-state index in [1.165, 1.54) is 11.0 Å². The number of esters is 1. The summed E-state index contributed by atoms with van der Waals surface area (Å²) in [5, 5.41) is 9.70. The summed E-state index contributed by atoms with van der Waals surface area (Å²) in [4.78, 5) is 25.5. The van der Waals surface area contributed by atoms with Crippen LogP contribution in [0.3, 0.4) is 0 Å². The Balaban J connectivity index is 2.46. The van der Waals surface area contributed by atoms with Crippen LogP contribution in [0.25, 0.3) is 0 Å². The average Bonchev–Trinajstić information content (AvgIpc) is 2.63. The number of amides is 1. The number of carbonyl (C=O) groups is 2. The van der Waals surface area contributed by atoms with Gasteiger partial charge in [0.2, 0.25) is 0 Å². The van der Waals surface area contributed by atoms with E-state index in [2.05, 4.69) is 0 Å². The van der Waals surface area contributed by atoms with Crippen molar-refractivity contribution in [1.82, 2.24) is 0 Å². The van der Waals surface area contributed by atoms with E-state index in [4.69, 9.17) is 4.74 Å². The Morgan fingerprint density at radius 2 is 1.95 bits per heavy atom. The highest BCUT2D eigenvalue weighted by atomic mass is 16.5. The molecule has 0 spiro atoms. The fourth-order valence-corrected chi connectivity index (χ4v) is 2.22. The molecule has 1 aromatic carbocycles. The van der Waals surface area contributed by atoms with Gasteiger partial charge in [-0.05, 0) is 32.9 Å². The number of hydrogen-bond acceptors (Lipinski definition) is 4. The van der Waals surface area contributed by atoms with Gasteiger partial charge in [0.15, 0.2) is 11.3 Å². The second-order valence-corrected chi connectivity index (χ2v) is 4.87. The van der Waals surface area contributed by atoms with Gasteiger partial charge < -0.3 is 9.84 Å². The number of ether oxygens (including phenoxy) is 1. The maximum atomic E-state index is 12.1. The Bertz CT molecular complexity index is 576. The molecule has 5 nitrogen and oxygen atoms in total. The number of rotatable bonds is 3. The third kappa shape index (κ3) is 2.15. The summed E-state index contributed by atoms with van der Waals surface area (Å²) in [7, 11) is 0. The van der Waals surface area contributed by atoms with Gasteiger partial charge in [-0.2, -0.15) is 0 Å². The minimum Gasteiger partial charge on any atom is -0.503 e. The van der Waals surface area contributed by atoms with Crippen molar-refractivity contribution < 1.29 is 19.4 Å². The molecule has 0 aliphatic carbocycles. The van der Waals surface area contributed by atoms with Crippen LogP contribution in [0.15, 0.2) is 36.1 Å². The van der Waals surface area contributed by atoms with Crippen LogP contribution in [0.5, 0.6) is 0 Å². The SMILES string of the molecule is CCOC(=O)C1(C)C=C(O)C(=O)N1c1ccc(C)cc1. The lowest BCUT2D eigenvalue weighted by atomic mass is 10.0. The van der Waals surface area contributed by atoms with Crippen molar-refractivity contribution in [3.8, 4) is 0 Å². The van der Waals surface area contributed by atoms with Gasteiger partial charge in [-0.1, -0.05) is 17.7 Å². The van der Waals surface area contributed by atoms with Gasteiger partial charge in [0, 0.05) is 11.8 Å². The molecule has 0 saturated carbocycles. The number of anilines is 1. The standard InChI is InChI=1S/C15H17NO4/c1-4-20-14(19)15(3)9-12(17)13(18)16(15)11-7-5-10(2)6-8-11/h5-9,17H,4H2,1-3H3. The van der Waals surface area contributed by atoms with E-state index in [0.717, 1.165) is 5.56 Å². The number of benzene rings is 1. The third-order valence-corrected chi connectivity index (χ3v) is 3.29. The van der Waals surface area contributed by atoms with Gasteiger partial charge in [0.1, 0.15) is 0 Å². The Morgan fingerprint density at radius 3 is 2.50 bits per heavy atom. The predicted molar refractivity (Wildman–Crippen MR) is 74.4 cm³/mol. The van der Waals surface area contributed by atoms with Crippen LogP contribution in [0.1, 0.15) is 19.4 Å². The molecule has 1 N–H and O–H groups in total. The van der Waals surface area contributed by atoms with Crippen LogP contribution >= 0.6 is 0 Å². The van der Waals surface area contributed by atoms with E-state index >= 15 is 0 Å². The second kappa shape index (κ2) is 5.00. The number of carbonyl (C=O) groups excluding carboxylic acids is 2. The molecule has 1 heterocycles. The van der Waals surface area contributed by atoms with Gasteiger partial charge >= 0.3 is 5.97 Å². The topological polar surface area (TPSA) is 66.8 Å². The maximum Gasteiger partial charge on any atom is 0.336 e. The fraction of sp³-hybridized carbons (Fsp3) is 0.333. The van der Waals surface area contributed by atoms with Crippen LogP contribution in [-0.4, -0.2) is 29.1 Å². The smallest absolute Gasteiger partial charge is 0.336 e. The highest BCUT2D eigenvalue weighted by Gasteiger charge is 2.49. The summed E-state index contributed by atoms with van der Waals surface area (Å²) in [5.74, 6) is -1.62. The van der Waals surface area contributed by atoms with Crippen molar-refractivity contribution in [3.63, 3.8) is 0 Å². The molecule has 20 heavy (non-hydrogen) atoms. The van der Waals surface area contributed by atoms with E-state index in [1.54, 1.807) is 26.0 Å². The lowest BCUT2D eigenvalue weighted by Crippen LogP contribution is -2.51. The van der Waals surface area contributed by atoms with Crippen molar-refractivity contribution in [3.05, 3.63) is 41.7 Å². The minimum absolute atomic E-state index is 0.207. The first kappa shape index (κ1) is 14.1. The normalized spacial score (nSPS) is 21.9. The van der Waals surface area contributed by atoms with E-state index in [1.807, 2.05) is 19.1 Å². The van der Waals surface area contributed by atoms with Gasteiger partial charge in [0.25, 0.3) is 5.91 Å². The lowest BCUT2D eigenvalue weighted by molar-refractivity contribution is -0.147. The summed E-state index contributed by atoms with van der Waals surface area (Å²) in [5.41, 5.74) is 0.249. The van der Waals surface area contributed by atoms with Crippen molar-refractivity contribution in [2.24, 2.45) is 0 Å². The molecule has 1 atom stereocenters. The Kier molecular flexibility index (Phi) is 3.53. The first-order valence-electron chi connectivity index (χ1n) is 6.40. The van der Waals surface area contributed by atoms with Gasteiger partial charge in [-0.25, -0.2) is 4.79 Å². The Morgan fingerprint density at radius 1 is 1.35 bits per heavy atom. The van der Waals surface area contributed by atoms with Crippen molar-refractivity contribution in [2.75, 3.05) is 11.5 Å². The minimum atomic E-state index is -1.33. The summed E-state index contributed by atoms with van der Waals surface area (Å²) in [6, 6.07) is 7.14. The van der Waals surface area contributed by atoms with E-state index < -0.39 is 23.2 Å². The molecule has 0 radical (unpaired) electrons. The largest absolute Gasteiger partial charge is 0.503 e. The Labute approximate surface area is 117 Å². The monoisotopic (exact) mass is 275 g/mol. The third-order valence-electron chi connectivity index (χ3n) is 3.29. The molecule has 0 fully saturated rings. The number of aliphatic hydroxyl groups excluding tert-OH is 1. The summed E-state index contributed by atoms with van der Waals surface area (Å²) >= 11 is 0. The van der Waals surface area contributed by atoms with Crippen LogP contribution in [-0.2, 0) is 14.3 Å². The van der Waals surface area contributed by atoms with Gasteiger partial charge in [0.05, 0.1) is 6.61 Å². The molecule has 0 aromatic heterocycles. The highest BCUT2D eigenvalue weighted by Crippen LogP contribution is 2.34. The zero-order chi connectivity index (χ0) is 14.9. The first-order chi connectivity index (χ1) is 9.40. The van der Waals surface area contributed by atoms with E-state index in [0.29, 0.717) is 5.69 Å². The van der Waals surface area contributed by atoms with E-state index in [-0.39, 0.29) is 6.61 Å². The predicted octanol–water partition coefficient (Wildman–Crippen LogP) is 2.11. The molecule has 0 saturated heterocycles. The van der Waals surface area contributed by atoms with Crippen LogP contribution < -0.4 is 4.90 Å². The van der Waals surface area contributed by atoms with Gasteiger partial charge in [-0.15, -0.1) is 0 Å². The first-order valence-corrected chi connectivity index (χ1v) is 6.40. The maximum absolute atomic E-state index is 12.1. The van der Waals surface area contributed by atoms with Crippen molar-refractivity contribution in [2.45, 2.75) is 26.3 Å². The molecule has 1 aromatic rings. The molecule has 1 amide bonds. The number of hydrogen-bond donors (Lipinski definition) is 1. The molecular formula is C15H17NO4. The molecule has 5 heteroatoms. The van der Waals surface area contributed by atoms with E-state index in [9.17, 15) is 14.7 Å². The second-order valence-electron chi connectivity index (χ2n) is 4.87. The number of nitrogens with zero attached hydrogens (tertiary/aromatic N) is 1. The van der Waals surface area contributed by atoms with Crippen molar-refractivity contribution >= 4 is 17.6 Å². The van der Waals surface area contributed by atoms with Crippen LogP contribution in [0.2, 0.25) is 0 Å². The zero-order valence-corrected chi connectivity index (χ0v) is 11.7. The molecule has 0 bridgehead atoms. The fourth-order valence-electron chi connectivity index (χ4n) is 2.22. The number of aryl methyl sites for hydroxylation is 1. The quantitative estimate of drug-likeness (QED) is 0.858. The van der Waals surface area contributed by atoms with Crippen molar-refractivity contribution in [1.29, 1.82) is 0 Å². The average molecular weight is 275 g/mol. The highest BCUT2D eigenvalue weighted by molar-refractivity contribution is 6.14. The molecule has 106 valence electrons. The molecule has 1 unspecified atom stereocenters. The number of aliphatic hydroxyl groups is 1.